The number of rotatable bonds is 6. The van der Waals surface area contributed by atoms with Crippen LogP contribution in [0.25, 0.3) is 21.8 Å². The first-order chi connectivity index (χ1) is 14.0. The van der Waals surface area contributed by atoms with Crippen LogP contribution in [0, 0.1) is 6.92 Å². The summed E-state index contributed by atoms with van der Waals surface area (Å²) in [4.78, 5) is 1.94. The van der Waals surface area contributed by atoms with E-state index in [2.05, 4.69) is 55.7 Å². The van der Waals surface area contributed by atoms with E-state index < -0.39 is 6.17 Å². The molecule has 0 N–H and O–H groups in total. The Labute approximate surface area is 172 Å². The molecule has 0 amide bonds. The first-order valence-electron chi connectivity index (χ1n) is 9.95. The van der Waals surface area contributed by atoms with Gasteiger partial charge in [-0.1, -0.05) is 35.3 Å². The Morgan fingerprint density at radius 1 is 1.03 bits per heavy atom. The maximum Gasteiger partial charge on any atom is 0.139 e. The van der Waals surface area contributed by atoms with Gasteiger partial charge in [-0.2, -0.15) is 0 Å². The van der Waals surface area contributed by atoms with Crippen LogP contribution in [0.15, 0.2) is 60.7 Å². The topological polar surface area (TPSA) is 17.4 Å². The third kappa shape index (κ3) is 3.82. The van der Waals surface area contributed by atoms with Crippen LogP contribution in [0.5, 0.6) is 5.75 Å². The van der Waals surface area contributed by atoms with Crippen molar-refractivity contribution >= 4 is 40.8 Å². The minimum Gasteiger partial charge on any atom is -0.497 e. The standard InChI is InChI=1S/C24H26BFN2O/c1-16-7-9-23-21(11-16)22-12-17(25)8-10-24(22)28(23)15-18(26)14-27(2)19-5-4-6-20(13-19)29-3/h4-13,18H,14-15,25H2,1-3H3. The molecule has 0 fully saturated rings. The van der Waals surface area contributed by atoms with Gasteiger partial charge in [0.2, 0.25) is 0 Å². The zero-order valence-corrected chi connectivity index (χ0v) is 17.4. The molecule has 1 heterocycles. The zero-order chi connectivity index (χ0) is 20.5. The first-order valence-corrected chi connectivity index (χ1v) is 9.95. The minimum atomic E-state index is -1.01. The van der Waals surface area contributed by atoms with E-state index in [0.29, 0.717) is 13.1 Å². The molecular formula is C24H26BFN2O. The van der Waals surface area contributed by atoms with Gasteiger partial charge in [-0.3, -0.25) is 0 Å². The molecule has 0 saturated carbocycles. The average molecular weight is 388 g/mol. The highest BCUT2D eigenvalue weighted by molar-refractivity contribution is 6.33. The Morgan fingerprint density at radius 3 is 2.52 bits per heavy atom. The molecular weight excluding hydrogens is 362 g/mol. The zero-order valence-electron chi connectivity index (χ0n) is 17.4. The maximum absolute atomic E-state index is 15.2. The van der Waals surface area contributed by atoms with E-state index in [9.17, 15) is 0 Å². The molecule has 0 aliphatic heterocycles. The number of methoxy groups -OCH3 is 1. The number of ether oxygens (including phenoxy) is 1. The fraction of sp³-hybridized carbons (Fsp3) is 0.250. The summed E-state index contributed by atoms with van der Waals surface area (Å²) in [5.41, 5.74) is 5.55. The van der Waals surface area contributed by atoms with Crippen LogP contribution in [-0.2, 0) is 6.54 Å². The Balaban J connectivity index is 1.64. The largest absolute Gasteiger partial charge is 0.497 e. The monoisotopic (exact) mass is 388 g/mol. The van der Waals surface area contributed by atoms with Crippen molar-refractivity contribution in [3.63, 3.8) is 0 Å². The molecule has 1 atom stereocenters. The van der Waals surface area contributed by atoms with Gasteiger partial charge >= 0.3 is 0 Å². The molecule has 0 bridgehead atoms. The van der Waals surface area contributed by atoms with Crippen LogP contribution in [0.3, 0.4) is 0 Å². The molecule has 3 nitrogen and oxygen atoms in total. The van der Waals surface area contributed by atoms with E-state index in [4.69, 9.17) is 4.74 Å². The highest BCUT2D eigenvalue weighted by Crippen LogP contribution is 2.30. The van der Waals surface area contributed by atoms with Crippen molar-refractivity contribution in [1.29, 1.82) is 0 Å². The Morgan fingerprint density at radius 2 is 1.76 bits per heavy atom. The smallest absolute Gasteiger partial charge is 0.139 e. The molecule has 0 aliphatic carbocycles. The van der Waals surface area contributed by atoms with Crippen molar-refractivity contribution < 1.29 is 9.13 Å². The summed E-state index contributed by atoms with van der Waals surface area (Å²) in [6.07, 6.45) is -1.01. The number of alkyl halides is 1. The second-order valence-corrected chi connectivity index (χ2v) is 7.83. The summed E-state index contributed by atoms with van der Waals surface area (Å²) < 4.78 is 22.6. The summed E-state index contributed by atoms with van der Waals surface area (Å²) in [5.74, 6) is 0.776. The molecule has 0 radical (unpaired) electrons. The van der Waals surface area contributed by atoms with E-state index >= 15 is 4.39 Å². The van der Waals surface area contributed by atoms with Crippen molar-refractivity contribution in [2.75, 3.05) is 25.6 Å². The van der Waals surface area contributed by atoms with Gasteiger partial charge in [0.25, 0.3) is 0 Å². The number of aromatic nitrogens is 1. The van der Waals surface area contributed by atoms with Gasteiger partial charge in [-0.05, 0) is 37.3 Å². The van der Waals surface area contributed by atoms with E-state index in [1.54, 1.807) is 7.11 Å². The number of benzene rings is 3. The first kappa shape index (κ1) is 19.4. The molecule has 3 aromatic carbocycles. The van der Waals surface area contributed by atoms with Crippen molar-refractivity contribution in [2.24, 2.45) is 0 Å². The molecule has 0 aliphatic rings. The lowest BCUT2D eigenvalue weighted by atomic mass is 9.94. The van der Waals surface area contributed by atoms with Gasteiger partial charge in [0, 0.05) is 40.6 Å². The second-order valence-electron chi connectivity index (χ2n) is 7.83. The fourth-order valence-electron chi connectivity index (χ4n) is 4.03. The third-order valence-corrected chi connectivity index (χ3v) is 5.52. The Bertz CT molecular complexity index is 1110. The van der Waals surface area contributed by atoms with Crippen molar-refractivity contribution in [1.82, 2.24) is 4.57 Å². The normalized spacial score (nSPS) is 12.4. The molecule has 4 rings (SSSR count). The van der Waals surface area contributed by atoms with Crippen LogP contribution in [-0.4, -0.2) is 39.3 Å². The van der Waals surface area contributed by atoms with Crippen molar-refractivity contribution in [2.45, 2.75) is 19.6 Å². The number of nitrogens with zero attached hydrogens (tertiary/aromatic N) is 2. The van der Waals surface area contributed by atoms with Crippen LogP contribution in [0.1, 0.15) is 5.56 Å². The number of anilines is 1. The van der Waals surface area contributed by atoms with Crippen LogP contribution in [0.4, 0.5) is 10.1 Å². The van der Waals surface area contributed by atoms with E-state index in [-0.39, 0.29) is 0 Å². The molecule has 5 heteroatoms. The van der Waals surface area contributed by atoms with Gasteiger partial charge < -0.3 is 14.2 Å². The van der Waals surface area contributed by atoms with Crippen LogP contribution >= 0.6 is 0 Å². The van der Waals surface area contributed by atoms with Crippen molar-refractivity contribution in [3.05, 3.63) is 66.2 Å². The van der Waals surface area contributed by atoms with Gasteiger partial charge in [-0.15, -0.1) is 0 Å². The van der Waals surface area contributed by atoms with E-state index in [1.807, 2.05) is 36.2 Å². The van der Waals surface area contributed by atoms with E-state index in [0.717, 1.165) is 22.5 Å². The number of halogens is 1. The summed E-state index contributed by atoms with van der Waals surface area (Å²) in [6, 6.07) is 20.5. The SMILES string of the molecule is Bc1ccc2c(c1)c1cc(C)ccc1n2CC(F)CN(C)c1cccc(OC)c1. The predicted octanol–water partition coefficient (Wildman–Crippen LogP) is 3.84. The Kier molecular flexibility index (Phi) is 5.23. The van der Waals surface area contributed by atoms with E-state index in [1.165, 1.54) is 21.8 Å². The second kappa shape index (κ2) is 7.82. The summed E-state index contributed by atoms with van der Waals surface area (Å²) >= 11 is 0. The van der Waals surface area contributed by atoms with Crippen LogP contribution in [0.2, 0.25) is 0 Å². The maximum atomic E-state index is 15.2. The number of aryl methyl sites for hydroxylation is 1. The highest BCUT2D eigenvalue weighted by atomic mass is 19.1. The minimum absolute atomic E-state index is 0.312. The fourth-order valence-corrected chi connectivity index (χ4v) is 4.03. The summed E-state index contributed by atoms with van der Waals surface area (Å²) in [5, 5.41) is 2.38. The molecule has 148 valence electrons. The van der Waals surface area contributed by atoms with Crippen molar-refractivity contribution in [3.8, 4) is 5.75 Å². The number of hydrogen-bond acceptors (Lipinski definition) is 2. The molecule has 0 spiro atoms. The van der Waals surface area contributed by atoms with Gasteiger partial charge in [-0.25, -0.2) is 4.39 Å². The van der Waals surface area contributed by atoms with Crippen LogP contribution < -0.4 is 15.1 Å². The van der Waals surface area contributed by atoms with Gasteiger partial charge in [0.15, 0.2) is 0 Å². The summed E-state index contributed by atoms with van der Waals surface area (Å²) in [7, 11) is 5.65. The lowest BCUT2D eigenvalue weighted by Gasteiger charge is -2.23. The predicted molar refractivity (Wildman–Crippen MR) is 124 cm³/mol. The molecule has 0 saturated heterocycles. The third-order valence-electron chi connectivity index (χ3n) is 5.52. The Hall–Kier alpha value is -2.95. The average Bonchev–Trinajstić information content (AvgIpc) is 3.00. The molecule has 4 aromatic rings. The quantitative estimate of drug-likeness (QED) is 0.467. The lowest BCUT2D eigenvalue weighted by molar-refractivity contribution is 0.306. The van der Waals surface area contributed by atoms with Gasteiger partial charge in [0.05, 0.1) is 20.2 Å². The molecule has 29 heavy (non-hydrogen) atoms. The highest BCUT2D eigenvalue weighted by Gasteiger charge is 2.17. The molecule has 1 aromatic heterocycles. The number of fused-ring (bicyclic) bond motifs is 3. The number of hydrogen-bond donors (Lipinski definition) is 0. The summed E-state index contributed by atoms with van der Waals surface area (Å²) in [6.45, 7) is 2.73. The molecule has 1 unspecified atom stereocenters. The van der Waals surface area contributed by atoms with Gasteiger partial charge in [0.1, 0.15) is 19.8 Å². The lowest BCUT2D eigenvalue weighted by Crippen LogP contribution is -2.29.